The third-order valence-electron chi connectivity index (χ3n) is 3.46. The number of amides is 2. The van der Waals surface area contributed by atoms with Gasteiger partial charge in [0.15, 0.2) is 0 Å². The molecule has 2 amide bonds. The van der Waals surface area contributed by atoms with Crippen LogP contribution >= 0.6 is 0 Å². The van der Waals surface area contributed by atoms with Crippen molar-refractivity contribution in [2.45, 2.75) is 18.6 Å². The topological polar surface area (TPSA) is 96.2 Å². The van der Waals surface area contributed by atoms with Crippen molar-refractivity contribution in [2.24, 2.45) is 0 Å². The first-order valence-corrected chi connectivity index (χ1v) is 7.02. The molecule has 1 aliphatic rings. The summed E-state index contributed by atoms with van der Waals surface area (Å²) < 4.78 is 38.0. The number of rotatable bonds is 4. The van der Waals surface area contributed by atoms with E-state index in [9.17, 15) is 22.8 Å². The van der Waals surface area contributed by atoms with Crippen LogP contribution in [-0.4, -0.2) is 37.5 Å². The molecule has 9 heteroatoms. The molecule has 0 radical (unpaired) electrons. The lowest BCUT2D eigenvalue weighted by Crippen LogP contribution is -2.42. The smallest absolute Gasteiger partial charge is 0.398 e. The highest BCUT2D eigenvalue weighted by Gasteiger charge is 2.31. The molecular weight excluding hydrogens is 313 g/mol. The number of carbonyl (C=O) groups excluding carboxylic acids is 2. The minimum Gasteiger partial charge on any atom is -0.398 e. The van der Waals surface area contributed by atoms with Gasteiger partial charge in [-0.1, -0.05) is 0 Å². The van der Waals surface area contributed by atoms with Gasteiger partial charge in [-0.2, -0.15) is 13.2 Å². The van der Waals surface area contributed by atoms with Gasteiger partial charge in [-0.25, -0.2) is 0 Å². The third kappa shape index (κ3) is 4.59. The SMILES string of the molecule is Nc1ccc(C(F)(F)F)cc1C(=O)NCC(=O)N[C@@H]1CCNC1. The number of nitrogen functional groups attached to an aromatic ring is 1. The van der Waals surface area contributed by atoms with E-state index in [1.807, 2.05) is 0 Å². The maximum Gasteiger partial charge on any atom is 0.416 e. The van der Waals surface area contributed by atoms with Crippen LogP contribution in [0.2, 0.25) is 0 Å². The highest BCUT2D eigenvalue weighted by atomic mass is 19.4. The Kier molecular flexibility index (Phi) is 5.09. The van der Waals surface area contributed by atoms with E-state index in [0.717, 1.165) is 25.1 Å². The number of nitrogens with two attached hydrogens (primary N) is 1. The van der Waals surface area contributed by atoms with Crippen LogP contribution in [0, 0.1) is 0 Å². The Hall–Kier alpha value is -2.29. The zero-order valence-corrected chi connectivity index (χ0v) is 12.2. The molecular formula is C14H17F3N4O2. The molecule has 1 atom stereocenters. The van der Waals surface area contributed by atoms with Gasteiger partial charge in [0.2, 0.25) is 5.91 Å². The molecule has 0 unspecified atom stereocenters. The molecule has 1 heterocycles. The number of alkyl halides is 3. The molecule has 23 heavy (non-hydrogen) atoms. The lowest BCUT2D eigenvalue weighted by Gasteiger charge is -2.13. The van der Waals surface area contributed by atoms with Crippen LogP contribution in [0.25, 0.3) is 0 Å². The number of halogens is 3. The van der Waals surface area contributed by atoms with E-state index in [1.165, 1.54) is 0 Å². The molecule has 5 N–H and O–H groups in total. The van der Waals surface area contributed by atoms with Gasteiger partial charge in [0.05, 0.1) is 17.7 Å². The normalized spacial score (nSPS) is 17.8. The fourth-order valence-corrected chi connectivity index (χ4v) is 2.24. The van der Waals surface area contributed by atoms with Crippen LogP contribution in [0.4, 0.5) is 18.9 Å². The molecule has 6 nitrogen and oxygen atoms in total. The quantitative estimate of drug-likeness (QED) is 0.604. The maximum absolute atomic E-state index is 12.7. The first-order valence-electron chi connectivity index (χ1n) is 7.02. The van der Waals surface area contributed by atoms with Gasteiger partial charge in [0, 0.05) is 18.3 Å². The lowest BCUT2D eigenvalue weighted by atomic mass is 10.1. The Morgan fingerprint density at radius 3 is 2.70 bits per heavy atom. The highest BCUT2D eigenvalue weighted by molar-refractivity contribution is 6.00. The first kappa shape index (κ1) is 17.1. The summed E-state index contributed by atoms with van der Waals surface area (Å²) in [6.45, 7) is 1.13. The fraction of sp³-hybridized carbons (Fsp3) is 0.429. The summed E-state index contributed by atoms with van der Waals surface area (Å²) in [5.74, 6) is -1.23. The molecule has 1 aromatic carbocycles. The molecule has 0 bridgehead atoms. The summed E-state index contributed by atoms with van der Waals surface area (Å²) in [6.07, 6.45) is -3.78. The minimum absolute atomic E-state index is 0.00183. The average molecular weight is 330 g/mol. The number of carbonyl (C=O) groups is 2. The standard InChI is InChI=1S/C14H17F3N4O2/c15-14(16,17)8-1-2-11(18)10(5-8)13(23)20-7-12(22)21-9-3-4-19-6-9/h1-2,5,9,19H,3-4,6-7,18H2,(H,20,23)(H,21,22)/t9-/m1/s1. The largest absolute Gasteiger partial charge is 0.416 e. The molecule has 0 aromatic heterocycles. The summed E-state index contributed by atoms with van der Waals surface area (Å²) in [7, 11) is 0. The van der Waals surface area contributed by atoms with Gasteiger partial charge in [0.1, 0.15) is 0 Å². The van der Waals surface area contributed by atoms with Crippen LogP contribution in [-0.2, 0) is 11.0 Å². The molecule has 126 valence electrons. The zero-order valence-electron chi connectivity index (χ0n) is 12.2. The van der Waals surface area contributed by atoms with Gasteiger partial charge in [-0.3, -0.25) is 9.59 Å². The summed E-state index contributed by atoms with van der Waals surface area (Å²) in [5.41, 5.74) is 4.16. The van der Waals surface area contributed by atoms with Crippen molar-refractivity contribution in [2.75, 3.05) is 25.4 Å². The van der Waals surface area contributed by atoms with E-state index in [1.54, 1.807) is 0 Å². The van der Waals surface area contributed by atoms with Crippen molar-refractivity contribution in [3.05, 3.63) is 29.3 Å². The summed E-state index contributed by atoms with van der Waals surface area (Å²) in [5, 5.41) is 8.05. The Bertz CT molecular complexity index is 598. The first-order chi connectivity index (χ1) is 10.8. The molecule has 0 spiro atoms. The molecule has 0 aliphatic carbocycles. The summed E-state index contributed by atoms with van der Waals surface area (Å²) in [6, 6.07) is 2.48. The van der Waals surface area contributed by atoms with Crippen LogP contribution in [0.1, 0.15) is 22.3 Å². The van der Waals surface area contributed by atoms with Crippen LogP contribution < -0.4 is 21.7 Å². The van der Waals surface area contributed by atoms with Crippen molar-refractivity contribution >= 4 is 17.5 Å². The number of hydrogen-bond donors (Lipinski definition) is 4. The highest BCUT2D eigenvalue weighted by Crippen LogP contribution is 2.31. The van der Waals surface area contributed by atoms with E-state index in [-0.39, 0.29) is 23.8 Å². The van der Waals surface area contributed by atoms with Crippen molar-refractivity contribution in [1.29, 1.82) is 0 Å². The van der Waals surface area contributed by atoms with E-state index in [4.69, 9.17) is 5.73 Å². The minimum atomic E-state index is -4.57. The number of benzene rings is 1. The Morgan fingerprint density at radius 1 is 1.35 bits per heavy atom. The number of hydrogen-bond acceptors (Lipinski definition) is 4. The van der Waals surface area contributed by atoms with Crippen LogP contribution in [0.5, 0.6) is 0 Å². The Labute approximate surface area is 130 Å². The van der Waals surface area contributed by atoms with E-state index >= 15 is 0 Å². The van der Waals surface area contributed by atoms with Crippen molar-refractivity contribution in [3.63, 3.8) is 0 Å². The van der Waals surface area contributed by atoms with E-state index in [2.05, 4.69) is 16.0 Å². The van der Waals surface area contributed by atoms with Crippen molar-refractivity contribution in [1.82, 2.24) is 16.0 Å². The maximum atomic E-state index is 12.7. The number of anilines is 1. The molecule has 0 saturated carbocycles. The third-order valence-corrected chi connectivity index (χ3v) is 3.46. The molecule has 1 aliphatic heterocycles. The van der Waals surface area contributed by atoms with E-state index < -0.39 is 23.6 Å². The number of nitrogens with one attached hydrogen (secondary N) is 3. The Balaban J connectivity index is 1.96. The van der Waals surface area contributed by atoms with Gasteiger partial charge >= 0.3 is 6.18 Å². The second-order valence-corrected chi connectivity index (χ2v) is 5.24. The molecule has 1 saturated heterocycles. The lowest BCUT2D eigenvalue weighted by molar-refractivity contribution is -0.137. The van der Waals surface area contributed by atoms with E-state index in [0.29, 0.717) is 12.6 Å². The summed E-state index contributed by atoms with van der Waals surface area (Å²) >= 11 is 0. The fourth-order valence-electron chi connectivity index (χ4n) is 2.24. The second-order valence-electron chi connectivity index (χ2n) is 5.24. The van der Waals surface area contributed by atoms with Crippen molar-refractivity contribution < 1.29 is 22.8 Å². The van der Waals surface area contributed by atoms with Gasteiger partial charge in [-0.05, 0) is 31.2 Å². The average Bonchev–Trinajstić information content (AvgIpc) is 2.97. The molecule has 1 fully saturated rings. The predicted octanol–water partition coefficient (Wildman–Crippen LogP) is 0.495. The molecule has 2 rings (SSSR count). The van der Waals surface area contributed by atoms with Crippen LogP contribution in [0.3, 0.4) is 0 Å². The van der Waals surface area contributed by atoms with Gasteiger partial charge in [-0.15, -0.1) is 0 Å². The monoisotopic (exact) mass is 330 g/mol. The van der Waals surface area contributed by atoms with Crippen LogP contribution in [0.15, 0.2) is 18.2 Å². The predicted molar refractivity (Wildman–Crippen MR) is 77.6 cm³/mol. The van der Waals surface area contributed by atoms with Crippen molar-refractivity contribution in [3.8, 4) is 0 Å². The van der Waals surface area contributed by atoms with Gasteiger partial charge < -0.3 is 21.7 Å². The zero-order chi connectivity index (χ0) is 17.0. The van der Waals surface area contributed by atoms with Gasteiger partial charge in [0.25, 0.3) is 5.91 Å². The molecule has 1 aromatic rings. The second kappa shape index (κ2) is 6.86. The Morgan fingerprint density at radius 2 is 2.09 bits per heavy atom. The summed E-state index contributed by atoms with van der Waals surface area (Å²) in [4.78, 5) is 23.6.